The van der Waals surface area contributed by atoms with Crippen LogP contribution in [0.4, 0.5) is 17.3 Å². The minimum atomic E-state index is -1.84. The first-order valence-corrected chi connectivity index (χ1v) is 11.0. The van der Waals surface area contributed by atoms with E-state index in [-0.39, 0.29) is 19.0 Å². The number of hydrogen-bond acceptors (Lipinski definition) is 10. The number of ether oxygens (including phenoxy) is 2. The Morgan fingerprint density at radius 1 is 1.31 bits per heavy atom. The van der Waals surface area contributed by atoms with Crippen molar-refractivity contribution < 1.29 is 28.7 Å². The van der Waals surface area contributed by atoms with Gasteiger partial charge in [-0.1, -0.05) is 5.16 Å². The summed E-state index contributed by atoms with van der Waals surface area (Å²) < 4.78 is 17.4. The zero-order valence-corrected chi connectivity index (χ0v) is 19.4. The number of nitrogens with one attached hydrogen (secondary N) is 1. The van der Waals surface area contributed by atoms with Crippen LogP contribution in [-0.2, 0) is 14.3 Å². The van der Waals surface area contributed by atoms with E-state index in [4.69, 9.17) is 19.7 Å². The highest BCUT2D eigenvalue weighted by molar-refractivity contribution is 6.06. The molecule has 4 aromatic rings. The molecule has 0 radical (unpaired) electrons. The highest BCUT2D eigenvalue weighted by Crippen LogP contribution is 2.29. The molecule has 3 aromatic heterocycles. The molecule has 13 heteroatoms. The van der Waals surface area contributed by atoms with Gasteiger partial charge in [-0.2, -0.15) is 0 Å². The number of hydrogen-bond donors (Lipinski definition) is 3. The smallest absolute Gasteiger partial charge is 0.263 e. The van der Waals surface area contributed by atoms with Crippen LogP contribution in [0.2, 0.25) is 0 Å². The van der Waals surface area contributed by atoms with E-state index < -0.39 is 23.5 Å². The maximum atomic E-state index is 13.4. The molecule has 4 heterocycles. The average Bonchev–Trinajstić information content (AvgIpc) is 3.52. The number of aromatic nitrogens is 4. The number of morpholine rings is 1. The number of nitrogen functional groups attached to an aromatic ring is 1. The van der Waals surface area contributed by atoms with Gasteiger partial charge < -0.3 is 30.2 Å². The van der Waals surface area contributed by atoms with Crippen molar-refractivity contribution in [1.82, 2.24) is 19.9 Å². The maximum Gasteiger partial charge on any atom is 0.263 e. The molecule has 4 N–H and O–H groups in total. The normalized spacial score (nSPS) is 18.9. The van der Waals surface area contributed by atoms with Gasteiger partial charge in [0.15, 0.2) is 28.9 Å². The van der Waals surface area contributed by atoms with Crippen molar-refractivity contribution in [2.45, 2.75) is 18.6 Å². The first kappa shape index (κ1) is 23.3. The lowest BCUT2D eigenvalue weighted by atomic mass is 9.94. The molecule has 1 aliphatic rings. The highest BCUT2D eigenvalue weighted by Gasteiger charge is 2.51. The largest absolute Gasteiger partial charge is 0.481 e. The summed E-state index contributed by atoms with van der Waals surface area (Å²) in [5, 5.41) is 22.2. The minimum absolute atomic E-state index is 0.0891. The molecule has 36 heavy (non-hydrogen) atoms. The van der Waals surface area contributed by atoms with Crippen molar-refractivity contribution in [2.24, 2.45) is 0 Å². The fraction of sp³-hybridized carbons (Fsp3) is 0.261. The number of amides is 2. The Bertz CT molecular complexity index is 1450. The molecule has 1 fully saturated rings. The van der Waals surface area contributed by atoms with E-state index in [1.807, 2.05) is 0 Å². The van der Waals surface area contributed by atoms with Crippen LogP contribution < -0.4 is 20.7 Å². The standard InChI is InChI=1S/C23H23N7O6/c1-23(19(31)21(32)26-13-3-4-15-16(11-13)36-28-20(15)24)22(33)29(9-10-35-23)17-6-8-30(27-17)14-5-7-25-18(12-14)34-2/h3-8,11-12,19,31H,9-10H2,1-2H3,(H2,24,28)(H,26,32)/t19-,23+/m0/s1. The summed E-state index contributed by atoms with van der Waals surface area (Å²) >= 11 is 0. The van der Waals surface area contributed by atoms with E-state index in [2.05, 4.69) is 20.6 Å². The Labute approximate surface area is 204 Å². The van der Waals surface area contributed by atoms with Crippen LogP contribution in [0.1, 0.15) is 6.92 Å². The zero-order valence-electron chi connectivity index (χ0n) is 19.4. The summed E-state index contributed by atoms with van der Waals surface area (Å²) in [5.74, 6) is -0.450. The molecule has 0 bridgehead atoms. The minimum Gasteiger partial charge on any atom is -0.481 e. The lowest BCUT2D eigenvalue weighted by Crippen LogP contribution is -2.63. The molecule has 0 aliphatic carbocycles. The van der Waals surface area contributed by atoms with Crippen LogP contribution in [-0.4, -0.2) is 68.8 Å². The second kappa shape index (κ2) is 8.94. The van der Waals surface area contributed by atoms with E-state index in [0.717, 1.165) is 0 Å². The van der Waals surface area contributed by atoms with Gasteiger partial charge in [0, 0.05) is 36.3 Å². The second-order valence-corrected chi connectivity index (χ2v) is 8.26. The third kappa shape index (κ3) is 3.99. The van der Waals surface area contributed by atoms with Gasteiger partial charge >= 0.3 is 0 Å². The third-order valence-corrected chi connectivity index (χ3v) is 5.97. The van der Waals surface area contributed by atoms with Crippen LogP contribution in [0.5, 0.6) is 5.88 Å². The maximum absolute atomic E-state index is 13.4. The molecule has 13 nitrogen and oxygen atoms in total. The van der Waals surface area contributed by atoms with Crippen molar-refractivity contribution in [3.63, 3.8) is 0 Å². The van der Waals surface area contributed by atoms with Crippen molar-refractivity contribution >= 4 is 40.1 Å². The fourth-order valence-electron chi connectivity index (χ4n) is 3.95. The Morgan fingerprint density at radius 2 is 2.14 bits per heavy atom. The third-order valence-electron chi connectivity index (χ3n) is 5.97. The molecule has 0 spiro atoms. The topological polar surface area (TPSA) is 171 Å². The van der Waals surface area contributed by atoms with Gasteiger partial charge in [0.2, 0.25) is 5.88 Å². The zero-order chi connectivity index (χ0) is 25.4. The molecule has 0 saturated carbocycles. The van der Waals surface area contributed by atoms with Gasteiger partial charge in [-0.25, -0.2) is 9.67 Å². The number of rotatable bonds is 6. The van der Waals surface area contributed by atoms with Gasteiger partial charge in [0.1, 0.15) is 0 Å². The number of carbonyl (C=O) groups excluding carboxylic acids is 2. The lowest BCUT2D eigenvalue weighted by molar-refractivity contribution is -0.170. The SMILES string of the molecule is COc1cc(-n2ccc(N3CCO[C@](C)([C@@H](O)C(=O)Nc4ccc5c(N)noc5c4)C3=O)n2)ccn1. The van der Waals surface area contributed by atoms with Crippen LogP contribution in [0, 0.1) is 0 Å². The van der Waals surface area contributed by atoms with E-state index in [1.54, 1.807) is 47.4 Å². The summed E-state index contributed by atoms with van der Waals surface area (Å²) in [6.07, 6.45) is 1.45. The number of aliphatic hydroxyl groups is 1. The molecule has 186 valence electrons. The van der Waals surface area contributed by atoms with Crippen molar-refractivity contribution in [1.29, 1.82) is 0 Å². The summed E-state index contributed by atoms with van der Waals surface area (Å²) in [4.78, 5) is 31.7. The molecular formula is C23H23N7O6. The van der Waals surface area contributed by atoms with Gasteiger partial charge in [-0.3, -0.25) is 14.5 Å². The summed E-state index contributed by atoms with van der Waals surface area (Å²) in [6, 6.07) is 9.82. The molecule has 2 amide bonds. The van der Waals surface area contributed by atoms with Crippen LogP contribution in [0.25, 0.3) is 16.7 Å². The number of aliphatic hydroxyl groups excluding tert-OH is 1. The van der Waals surface area contributed by atoms with E-state index >= 15 is 0 Å². The molecular weight excluding hydrogens is 470 g/mol. The van der Waals surface area contributed by atoms with E-state index in [1.165, 1.54) is 25.0 Å². The molecule has 2 atom stereocenters. The van der Waals surface area contributed by atoms with Gasteiger partial charge in [0.05, 0.1) is 31.3 Å². The predicted molar refractivity (Wildman–Crippen MR) is 128 cm³/mol. The number of nitrogens with two attached hydrogens (primary N) is 1. The number of methoxy groups -OCH3 is 1. The number of benzene rings is 1. The summed E-state index contributed by atoms with van der Waals surface area (Å²) in [7, 11) is 1.51. The monoisotopic (exact) mass is 493 g/mol. The quantitative estimate of drug-likeness (QED) is 0.353. The second-order valence-electron chi connectivity index (χ2n) is 8.26. The van der Waals surface area contributed by atoms with E-state index in [0.29, 0.717) is 34.0 Å². The van der Waals surface area contributed by atoms with Crippen molar-refractivity contribution in [3.8, 4) is 11.6 Å². The fourth-order valence-corrected chi connectivity index (χ4v) is 3.95. The number of carbonyl (C=O) groups is 2. The highest BCUT2D eigenvalue weighted by atomic mass is 16.5. The number of nitrogens with zero attached hydrogens (tertiary/aromatic N) is 5. The first-order chi connectivity index (χ1) is 17.3. The van der Waals surface area contributed by atoms with Crippen molar-refractivity contribution in [3.05, 3.63) is 48.8 Å². The van der Waals surface area contributed by atoms with Crippen LogP contribution >= 0.6 is 0 Å². The Kier molecular flexibility index (Phi) is 5.78. The summed E-state index contributed by atoms with van der Waals surface area (Å²) in [6.45, 7) is 1.66. The number of anilines is 3. The lowest BCUT2D eigenvalue weighted by Gasteiger charge is -2.40. The Morgan fingerprint density at radius 3 is 2.94 bits per heavy atom. The summed E-state index contributed by atoms with van der Waals surface area (Å²) in [5.41, 5.74) is 5.25. The predicted octanol–water partition coefficient (Wildman–Crippen LogP) is 1.12. The average molecular weight is 493 g/mol. The molecule has 1 aliphatic heterocycles. The number of pyridine rings is 1. The Hall–Kier alpha value is -4.49. The number of fused-ring (bicyclic) bond motifs is 1. The Balaban J connectivity index is 1.34. The van der Waals surface area contributed by atoms with Gasteiger partial charge in [-0.05, 0) is 25.1 Å². The molecule has 0 unspecified atom stereocenters. The molecule has 1 aromatic carbocycles. The van der Waals surface area contributed by atoms with Gasteiger partial charge in [0.25, 0.3) is 11.8 Å². The molecule has 1 saturated heterocycles. The van der Waals surface area contributed by atoms with Gasteiger partial charge in [-0.15, -0.1) is 5.10 Å². The van der Waals surface area contributed by atoms with E-state index in [9.17, 15) is 14.7 Å². The van der Waals surface area contributed by atoms with Crippen LogP contribution in [0.15, 0.2) is 53.3 Å². The van der Waals surface area contributed by atoms with Crippen molar-refractivity contribution in [2.75, 3.05) is 36.2 Å². The molecule has 5 rings (SSSR count). The van der Waals surface area contributed by atoms with Crippen LogP contribution in [0.3, 0.4) is 0 Å². The first-order valence-electron chi connectivity index (χ1n) is 11.0.